The fraction of sp³-hybridized carbons (Fsp3) is 0.0909. The molecule has 1 aromatic carbocycles. The number of aromatic hydroxyl groups is 1. The molecule has 1 atom stereocenters. The largest absolute Gasteiger partial charge is 0.508 e. The second-order valence-electron chi connectivity index (χ2n) is 3.20. The fourth-order valence-corrected chi connectivity index (χ4v) is 2.52. The third-order valence-corrected chi connectivity index (χ3v) is 3.62. The first kappa shape index (κ1) is 10.7. The molecule has 78 valence electrons. The SMILES string of the molecule is N[C@H](c1cccs1)c1cc(Br)ccc1O. The van der Waals surface area contributed by atoms with Gasteiger partial charge in [-0.1, -0.05) is 22.0 Å². The van der Waals surface area contributed by atoms with Gasteiger partial charge >= 0.3 is 0 Å². The monoisotopic (exact) mass is 283 g/mol. The molecule has 0 bridgehead atoms. The van der Waals surface area contributed by atoms with Crippen molar-refractivity contribution in [3.8, 4) is 5.75 Å². The van der Waals surface area contributed by atoms with Crippen LogP contribution in [0.2, 0.25) is 0 Å². The van der Waals surface area contributed by atoms with Crippen molar-refractivity contribution in [1.29, 1.82) is 0 Å². The van der Waals surface area contributed by atoms with Crippen LogP contribution in [0.1, 0.15) is 16.5 Å². The van der Waals surface area contributed by atoms with Crippen molar-refractivity contribution in [3.05, 3.63) is 50.6 Å². The van der Waals surface area contributed by atoms with Crippen LogP contribution in [0.5, 0.6) is 5.75 Å². The molecule has 0 saturated carbocycles. The number of nitrogens with two attached hydrogens (primary N) is 1. The molecule has 4 heteroatoms. The Bertz CT molecular complexity index is 456. The maximum absolute atomic E-state index is 9.71. The Hall–Kier alpha value is -0.840. The molecule has 2 aromatic rings. The Morgan fingerprint density at radius 2 is 2.13 bits per heavy atom. The molecule has 0 saturated heterocycles. The van der Waals surface area contributed by atoms with Crippen molar-refractivity contribution in [2.45, 2.75) is 6.04 Å². The van der Waals surface area contributed by atoms with Crippen LogP contribution in [-0.4, -0.2) is 5.11 Å². The predicted molar refractivity (Wildman–Crippen MR) is 66.2 cm³/mol. The van der Waals surface area contributed by atoms with Gasteiger partial charge in [-0.25, -0.2) is 0 Å². The second kappa shape index (κ2) is 4.35. The first-order valence-corrected chi connectivity index (χ1v) is 6.13. The smallest absolute Gasteiger partial charge is 0.120 e. The standard InChI is InChI=1S/C11H10BrNOS/c12-7-3-4-9(14)8(6-7)11(13)10-2-1-5-15-10/h1-6,11,14H,13H2/t11-/m0/s1. The van der Waals surface area contributed by atoms with Crippen molar-refractivity contribution in [3.63, 3.8) is 0 Å². The molecule has 0 fully saturated rings. The van der Waals surface area contributed by atoms with Gasteiger partial charge in [-0.3, -0.25) is 0 Å². The lowest BCUT2D eigenvalue weighted by atomic mass is 10.1. The number of hydrogen-bond acceptors (Lipinski definition) is 3. The highest BCUT2D eigenvalue weighted by atomic mass is 79.9. The summed E-state index contributed by atoms with van der Waals surface area (Å²) in [5.74, 6) is 0.235. The zero-order valence-corrected chi connectivity index (χ0v) is 10.3. The zero-order chi connectivity index (χ0) is 10.8. The summed E-state index contributed by atoms with van der Waals surface area (Å²) in [4.78, 5) is 1.04. The maximum atomic E-state index is 9.71. The van der Waals surface area contributed by atoms with E-state index in [0.29, 0.717) is 0 Å². The minimum atomic E-state index is -0.262. The predicted octanol–water partition coefficient (Wildman–Crippen LogP) is 3.26. The van der Waals surface area contributed by atoms with Gasteiger partial charge in [-0.15, -0.1) is 11.3 Å². The Labute approximate surface area is 100 Å². The van der Waals surface area contributed by atoms with Gasteiger partial charge in [0.1, 0.15) is 5.75 Å². The van der Waals surface area contributed by atoms with Gasteiger partial charge in [-0.2, -0.15) is 0 Å². The molecule has 0 radical (unpaired) electrons. The number of thiophene rings is 1. The molecular formula is C11H10BrNOS. The van der Waals surface area contributed by atoms with Crippen molar-refractivity contribution in [2.24, 2.45) is 5.73 Å². The van der Waals surface area contributed by atoms with Crippen molar-refractivity contribution < 1.29 is 5.11 Å². The Balaban J connectivity index is 2.41. The van der Waals surface area contributed by atoms with E-state index in [-0.39, 0.29) is 11.8 Å². The van der Waals surface area contributed by atoms with Crippen molar-refractivity contribution >= 4 is 27.3 Å². The van der Waals surface area contributed by atoms with Gasteiger partial charge in [0.15, 0.2) is 0 Å². The molecule has 1 heterocycles. The summed E-state index contributed by atoms with van der Waals surface area (Å²) in [5, 5.41) is 11.7. The lowest BCUT2D eigenvalue weighted by molar-refractivity contribution is 0.465. The van der Waals surface area contributed by atoms with E-state index in [1.54, 1.807) is 23.5 Å². The normalized spacial score (nSPS) is 12.7. The van der Waals surface area contributed by atoms with E-state index in [1.807, 2.05) is 23.6 Å². The number of rotatable bonds is 2. The van der Waals surface area contributed by atoms with Crippen molar-refractivity contribution in [1.82, 2.24) is 0 Å². The summed E-state index contributed by atoms with van der Waals surface area (Å²) in [6, 6.07) is 8.94. The van der Waals surface area contributed by atoms with E-state index < -0.39 is 0 Å². The highest BCUT2D eigenvalue weighted by molar-refractivity contribution is 9.10. The molecule has 2 rings (SSSR count). The summed E-state index contributed by atoms with van der Waals surface area (Å²) in [6.07, 6.45) is 0. The topological polar surface area (TPSA) is 46.2 Å². The van der Waals surface area contributed by atoms with Crippen LogP contribution < -0.4 is 5.73 Å². The van der Waals surface area contributed by atoms with Crippen LogP contribution in [0.4, 0.5) is 0 Å². The molecule has 0 spiro atoms. The summed E-state index contributed by atoms with van der Waals surface area (Å²) in [5.41, 5.74) is 6.80. The number of phenolic OH excluding ortho intramolecular Hbond substituents is 1. The fourth-order valence-electron chi connectivity index (χ4n) is 1.40. The molecule has 0 aliphatic rings. The molecule has 0 amide bonds. The molecular weight excluding hydrogens is 274 g/mol. The van der Waals surface area contributed by atoms with Crippen LogP contribution in [0.3, 0.4) is 0 Å². The minimum Gasteiger partial charge on any atom is -0.508 e. The van der Waals surface area contributed by atoms with Crippen LogP contribution in [0.15, 0.2) is 40.2 Å². The molecule has 15 heavy (non-hydrogen) atoms. The quantitative estimate of drug-likeness (QED) is 0.889. The van der Waals surface area contributed by atoms with Gasteiger partial charge in [0.25, 0.3) is 0 Å². The zero-order valence-electron chi connectivity index (χ0n) is 7.85. The average Bonchev–Trinajstić information content (AvgIpc) is 2.74. The van der Waals surface area contributed by atoms with Crippen LogP contribution in [0, 0.1) is 0 Å². The minimum absolute atomic E-state index is 0.235. The third kappa shape index (κ3) is 2.22. The number of halogens is 1. The third-order valence-electron chi connectivity index (χ3n) is 2.17. The van der Waals surface area contributed by atoms with E-state index in [2.05, 4.69) is 15.9 Å². The molecule has 1 aromatic heterocycles. The molecule has 0 unspecified atom stereocenters. The average molecular weight is 284 g/mol. The van der Waals surface area contributed by atoms with Crippen molar-refractivity contribution in [2.75, 3.05) is 0 Å². The van der Waals surface area contributed by atoms with Crippen LogP contribution in [-0.2, 0) is 0 Å². The van der Waals surface area contributed by atoms with Gasteiger partial charge in [0.05, 0.1) is 6.04 Å². The van der Waals surface area contributed by atoms with Gasteiger partial charge < -0.3 is 10.8 Å². The molecule has 2 nitrogen and oxygen atoms in total. The molecule has 0 aliphatic heterocycles. The Kier molecular flexibility index (Phi) is 3.09. The van der Waals surface area contributed by atoms with E-state index in [4.69, 9.17) is 5.73 Å². The van der Waals surface area contributed by atoms with E-state index in [0.717, 1.165) is 14.9 Å². The van der Waals surface area contributed by atoms with E-state index >= 15 is 0 Å². The molecule has 0 aliphatic carbocycles. The van der Waals surface area contributed by atoms with Crippen LogP contribution >= 0.6 is 27.3 Å². The number of benzene rings is 1. The Morgan fingerprint density at radius 1 is 1.33 bits per heavy atom. The van der Waals surface area contributed by atoms with Gasteiger partial charge in [0.2, 0.25) is 0 Å². The summed E-state index contributed by atoms with van der Waals surface area (Å²) >= 11 is 4.95. The second-order valence-corrected chi connectivity index (χ2v) is 5.09. The maximum Gasteiger partial charge on any atom is 0.120 e. The highest BCUT2D eigenvalue weighted by Gasteiger charge is 2.14. The first-order valence-electron chi connectivity index (χ1n) is 4.46. The number of phenols is 1. The molecule has 3 N–H and O–H groups in total. The van der Waals surface area contributed by atoms with Gasteiger partial charge in [0, 0.05) is 14.9 Å². The van der Waals surface area contributed by atoms with Gasteiger partial charge in [-0.05, 0) is 29.6 Å². The highest BCUT2D eigenvalue weighted by Crippen LogP contribution is 2.31. The summed E-state index contributed by atoms with van der Waals surface area (Å²) in [6.45, 7) is 0. The van der Waals surface area contributed by atoms with Crippen LogP contribution in [0.25, 0.3) is 0 Å². The first-order chi connectivity index (χ1) is 7.18. The van der Waals surface area contributed by atoms with E-state index in [9.17, 15) is 5.11 Å². The number of hydrogen-bond donors (Lipinski definition) is 2. The Morgan fingerprint density at radius 3 is 2.80 bits per heavy atom. The lowest BCUT2D eigenvalue weighted by Gasteiger charge is -2.12. The lowest BCUT2D eigenvalue weighted by Crippen LogP contribution is -2.10. The summed E-state index contributed by atoms with van der Waals surface area (Å²) < 4.78 is 0.919. The summed E-state index contributed by atoms with van der Waals surface area (Å²) in [7, 11) is 0. The van der Waals surface area contributed by atoms with E-state index in [1.165, 1.54) is 0 Å².